The molecule has 0 atom stereocenters. The summed E-state index contributed by atoms with van der Waals surface area (Å²) in [5.41, 5.74) is 1.36. The van der Waals surface area contributed by atoms with E-state index in [0.717, 1.165) is 12.2 Å². The van der Waals surface area contributed by atoms with Crippen LogP contribution in [0, 0.1) is 0 Å². The average Bonchev–Trinajstić information content (AvgIpc) is 2.03. The van der Waals surface area contributed by atoms with Gasteiger partial charge >= 0.3 is 0 Å². The second-order valence-electron chi connectivity index (χ2n) is 2.05. The highest BCUT2D eigenvalue weighted by atomic mass is 35.7. The molecular formula is C8H9ClS. The van der Waals surface area contributed by atoms with Crippen LogP contribution in [0.15, 0.2) is 30.3 Å². The van der Waals surface area contributed by atoms with Crippen molar-refractivity contribution in [2.45, 2.75) is 6.42 Å². The van der Waals surface area contributed by atoms with E-state index in [1.54, 1.807) is 0 Å². The largest absolute Gasteiger partial charge is 0.0622 e. The Hall–Kier alpha value is -0.140. The molecule has 0 saturated heterocycles. The number of aryl methyl sites for hydroxylation is 1. The second-order valence-corrected chi connectivity index (χ2v) is 3.33. The smallest absolute Gasteiger partial charge is 0.0126 e. The van der Waals surface area contributed by atoms with E-state index in [1.807, 2.05) is 18.2 Å². The van der Waals surface area contributed by atoms with Gasteiger partial charge in [-0.1, -0.05) is 41.3 Å². The van der Waals surface area contributed by atoms with E-state index < -0.39 is 0 Å². The van der Waals surface area contributed by atoms with Crippen LogP contribution in [0.5, 0.6) is 0 Å². The molecule has 0 nitrogen and oxygen atoms in total. The Morgan fingerprint density at radius 3 is 2.50 bits per heavy atom. The summed E-state index contributed by atoms with van der Waals surface area (Å²) in [5.74, 6) is 0.992. The molecule has 0 heterocycles. The average molecular weight is 173 g/mol. The van der Waals surface area contributed by atoms with Gasteiger partial charge in [0.05, 0.1) is 0 Å². The first-order valence-corrected chi connectivity index (χ1v) is 5.02. The molecule has 0 amide bonds. The van der Waals surface area contributed by atoms with Crippen molar-refractivity contribution in [2.24, 2.45) is 0 Å². The Kier molecular flexibility index (Phi) is 3.69. The first-order chi connectivity index (χ1) is 4.93. The summed E-state index contributed by atoms with van der Waals surface area (Å²) in [7, 11) is 6.84. The van der Waals surface area contributed by atoms with Gasteiger partial charge in [0.2, 0.25) is 0 Å². The van der Waals surface area contributed by atoms with Crippen molar-refractivity contribution in [2.75, 3.05) is 5.75 Å². The lowest BCUT2D eigenvalue weighted by Crippen LogP contribution is -1.84. The molecular weight excluding hydrogens is 164 g/mol. The van der Waals surface area contributed by atoms with Gasteiger partial charge < -0.3 is 0 Å². The van der Waals surface area contributed by atoms with Crippen molar-refractivity contribution >= 4 is 21.7 Å². The van der Waals surface area contributed by atoms with Gasteiger partial charge in [-0.2, -0.15) is 0 Å². The molecule has 0 N–H and O–H groups in total. The van der Waals surface area contributed by atoms with Crippen LogP contribution in [0.2, 0.25) is 0 Å². The Bertz CT molecular complexity index is 174. The highest BCUT2D eigenvalue weighted by Gasteiger charge is 1.88. The molecule has 0 aliphatic rings. The summed E-state index contributed by atoms with van der Waals surface area (Å²) in [4.78, 5) is 0. The molecule has 0 aliphatic carbocycles. The van der Waals surface area contributed by atoms with Crippen LogP contribution in [0.1, 0.15) is 5.56 Å². The fourth-order valence-corrected chi connectivity index (χ4v) is 1.35. The lowest BCUT2D eigenvalue weighted by Gasteiger charge is -1.95. The van der Waals surface area contributed by atoms with Crippen LogP contribution in [-0.2, 0) is 6.42 Å². The van der Waals surface area contributed by atoms with Gasteiger partial charge in [-0.3, -0.25) is 0 Å². The van der Waals surface area contributed by atoms with Crippen LogP contribution < -0.4 is 0 Å². The van der Waals surface area contributed by atoms with Crippen molar-refractivity contribution in [1.82, 2.24) is 0 Å². The Morgan fingerprint density at radius 1 is 1.20 bits per heavy atom. The lowest BCUT2D eigenvalue weighted by molar-refractivity contribution is 1.16. The first-order valence-electron chi connectivity index (χ1n) is 3.21. The molecule has 0 bridgehead atoms. The minimum atomic E-state index is 0.992. The monoisotopic (exact) mass is 172 g/mol. The van der Waals surface area contributed by atoms with Crippen molar-refractivity contribution in [3.8, 4) is 0 Å². The third kappa shape index (κ3) is 2.63. The zero-order valence-electron chi connectivity index (χ0n) is 5.59. The summed E-state index contributed by atoms with van der Waals surface area (Å²) < 4.78 is 0. The van der Waals surface area contributed by atoms with Crippen LogP contribution in [0.25, 0.3) is 0 Å². The van der Waals surface area contributed by atoms with Crippen molar-refractivity contribution in [3.63, 3.8) is 0 Å². The molecule has 10 heavy (non-hydrogen) atoms. The lowest BCUT2D eigenvalue weighted by atomic mass is 10.2. The van der Waals surface area contributed by atoms with Crippen molar-refractivity contribution in [1.29, 1.82) is 0 Å². The summed E-state index contributed by atoms with van der Waals surface area (Å²) in [5, 5.41) is 0. The van der Waals surface area contributed by atoms with Crippen molar-refractivity contribution in [3.05, 3.63) is 35.9 Å². The standard InChI is InChI=1S/C8H9ClS/c9-10-7-6-8-4-2-1-3-5-8/h1-5H,6-7H2. The zero-order valence-corrected chi connectivity index (χ0v) is 7.16. The molecule has 0 aliphatic heterocycles. The van der Waals surface area contributed by atoms with Crippen molar-refractivity contribution < 1.29 is 0 Å². The first kappa shape index (κ1) is 7.96. The second kappa shape index (κ2) is 4.64. The van der Waals surface area contributed by atoms with E-state index in [-0.39, 0.29) is 0 Å². The Balaban J connectivity index is 2.43. The number of hydrogen-bond acceptors (Lipinski definition) is 1. The molecule has 1 rings (SSSR count). The molecule has 1 aromatic carbocycles. The third-order valence-electron chi connectivity index (χ3n) is 1.31. The number of benzene rings is 1. The fourth-order valence-electron chi connectivity index (χ4n) is 0.801. The number of halogens is 1. The predicted molar refractivity (Wildman–Crippen MR) is 48.5 cm³/mol. The zero-order chi connectivity index (χ0) is 7.23. The van der Waals surface area contributed by atoms with E-state index in [4.69, 9.17) is 10.7 Å². The molecule has 0 saturated carbocycles. The molecule has 54 valence electrons. The van der Waals surface area contributed by atoms with Crippen LogP contribution in [0.3, 0.4) is 0 Å². The van der Waals surface area contributed by atoms with Crippen LogP contribution in [-0.4, -0.2) is 5.75 Å². The van der Waals surface area contributed by atoms with Gasteiger partial charge in [0, 0.05) is 5.75 Å². The quantitative estimate of drug-likeness (QED) is 0.675. The molecule has 0 unspecified atom stereocenters. The summed E-state index contributed by atoms with van der Waals surface area (Å²) in [6.45, 7) is 0. The molecule has 0 fully saturated rings. The predicted octanol–water partition coefficient (Wildman–Crippen LogP) is 3.12. The van der Waals surface area contributed by atoms with Gasteiger partial charge in [0.1, 0.15) is 0 Å². The van der Waals surface area contributed by atoms with Gasteiger partial charge in [0.15, 0.2) is 0 Å². The van der Waals surface area contributed by atoms with E-state index >= 15 is 0 Å². The highest BCUT2D eigenvalue weighted by molar-refractivity contribution is 8.21. The highest BCUT2D eigenvalue weighted by Crippen LogP contribution is 2.09. The summed E-state index contributed by atoms with van der Waals surface area (Å²) in [6.07, 6.45) is 1.06. The molecule has 1 aromatic rings. The van der Waals surface area contributed by atoms with Gasteiger partial charge in [0.25, 0.3) is 0 Å². The Labute approximate surface area is 70.1 Å². The number of rotatable bonds is 3. The minimum Gasteiger partial charge on any atom is -0.0622 e. The van der Waals surface area contributed by atoms with Crippen LogP contribution in [0.4, 0.5) is 0 Å². The maximum atomic E-state index is 5.47. The topological polar surface area (TPSA) is 0 Å². The third-order valence-corrected chi connectivity index (χ3v) is 2.13. The van der Waals surface area contributed by atoms with E-state index in [1.165, 1.54) is 16.5 Å². The molecule has 0 spiro atoms. The normalized spacial score (nSPS) is 9.70. The van der Waals surface area contributed by atoms with E-state index in [9.17, 15) is 0 Å². The molecule has 0 aromatic heterocycles. The Morgan fingerprint density at radius 2 is 1.90 bits per heavy atom. The minimum absolute atomic E-state index is 0.992. The maximum absolute atomic E-state index is 5.47. The van der Waals surface area contributed by atoms with Gasteiger partial charge in [-0.25, -0.2) is 0 Å². The summed E-state index contributed by atoms with van der Waals surface area (Å²) >= 11 is 0. The van der Waals surface area contributed by atoms with E-state index in [2.05, 4.69) is 12.1 Å². The molecule has 2 heteroatoms. The number of hydrogen-bond donors (Lipinski definition) is 0. The van der Waals surface area contributed by atoms with Gasteiger partial charge in [-0.15, -0.1) is 0 Å². The SMILES string of the molecule is ClSCCc1ccccc1. The van der Waals surface area contributed by atoms with E-state index in [0.29, 0.717) is 0 Å². The van der Waals surface area contributed by atoms with Crippen LogP contribution >= 0.6 is 21.7 Å². The van der Waals surface area contributed by atoms with Gasteiger partial charge in [-0.05, 0) is 22.7 Å². The fraction of sp³-hybridized carbons (Fsp3) is 0.250. The summed E-state index contributed by atoms with van der Waals surface area (Å²) in [6, 6.07) is 10.4. The maximum Gasteiger partial charge on any atom is 0.0126 e. The molecule has 0 radical (unpaired) electrons.